The van der Waals surface area contributed by atoms with Gasteiger partial charge in [-0.2, -0.15) is 0 Å². The van der Waals surface area contributed by atoms with Gasteiger partial charge in [0.2, 0.25) is 17.7 Å². The number of carbonyl (C=O) groups excluding carboxylic acids is 3. The molecule has 5 atom stereocenters. The Bertz CT molecular complexity index is 963. The molecule has 2 bridgehead atoms. The van der Waals surface area contributed by atoms with Crippen LogP contribution < -0.4 is 5.32 Å². The number of hydrogen-bond acceptors (Lipinski definition) is 3. The van der Waals surface area contributed by atoms with Crippen molar-refractivity contribution >= 4 is 23.4 Å². The first-order valence-corrected chi connectivity index (χ1v) is 10.5. The van der Waals surface area contributed by atoms with Crippen molar-refractivity contribution in [3.05, 3.63) is 66.0 Å². The van der Waals surface area contributed by atoms with Crippen molar-refractivity contribution in [2.45, 2.75) is 31.7 Å². The summed E-state index contributed by atoms with van der Waals surface area (Å²) in [5.41, 5.74) is 1.30. The van der Waals surface area contributed by atoms with Gasteiger partial charge in [0.1, 0.15) is 11.9 Å². The molecule has 6 heteroatoms. The number of carbonyl (C=O) groups is 3. The van der Waals surface area contributed by atoms with Gasteiger partial charge in [-0.3, -0.25) is 19.3 Å². The van der Waals surface area contributed by atoms with E-state index in [9.17, 15) is 18.8 Å². The normalized spacial score (nSPS) is 28.0. The van der Waals surface area contributed by atoms with Gasteiger partial charge in [-0.05, 0) is 60.9 Å². The number of rotatable bonds is 5. The van der Waals surface area contributed by atoms with Gasteiger partial charge in [0, 0.05) is 12.1 Å². The van der Waals surface area contributed by atoms with Crippen molar-refractivity contribution in [1.29, 1.82) is 0 Å². The molecule has 1 heterocycles. The number of fused-ring (bicyclic) bond motifs is 5. The van der Waals surface area contributed by atoms with E-state index in [1.807, 2.05) is 30.3 Å². The summed E-state index contributed by atoms with van der Waals surface area (Å²) in [5, 5.41) is 2.76. The molecule has 2 aliphatic carbocycles. The largest absolute Gasteiger partial charge is 0.324 e. The monoisotopic (exact) mass is 406 g/mol. The number of halogens is 1. The number of benzene rings is 2. The fourth-order valence-corrected chi connectivity index (χ4v) is 5.64. The van der Waals surface area contributed by atoms with Gasteiger partial charge in [0.15, 0.2) is 0 Å². The van der Waals surface area contributed by atoms with Gasteiger partial charge in [-0.1, -0.05) is 30.3 Å². The Labute approximate surface area is 174 Å². The van der Waals surface area contributed by atoms with Crippen molar-refractivity contribution in [2.75, 3.05) is 5.32 Å². The van der Waals surface area contributed by atoms with E-state index in [1.54, 1.807) is 0 Å². The van der Waals surface area contributed by atoms with Gasteiger partial charge in [0.05, 0.1) is 11.8 Å². The molecule has 154 valence electrons. The van der Waals surface area contributed by atoms with Crippen molar-refractivity contribution in [2.24, 2.45) is 23.7 Å². The maximum atomic E-state index is 13.3. The molecule has 2 aromatic carbocycles. The van der Waals surface area contributed by atoms with Crippen LogP contribution in [0.15, 0.2) is 54.6 Å². The van der Waals surface area contributed by atoms with Crippen LogP contribution in [0.5, 0.6) is 0 Å². The van der Waals surface area contributed by atoms with Crippen LogP contribution in [-0.2, 0) is 20.8 Å². The summed E-state index contributed by atoms with van der Waals surface area (Å²) in [6.45, 7) is 0. The molecule has 2 saturated carbocycles. The van der Waals surface area contributed by atoms with Crippen LogP contribution in [0, 0.1) is 29.5 Å². The van der Waals surface area contributed by atoms with Gasteiger partial charge < -0.3 is 5.32 Å². The Hall–Kier alpha value is -3.02. The summed E-state index contributed by atoms with van der Waals surface area (Å²) in [4.78, 5) is 41.0. The summed E-state index contributed by atoms with van der Waals surface area (Å²) in [7, 11) is 0. The Kier molecular flexibility index (Phi) is 4.65. The maximum Gasteiger partial charge on any atom is 0.248 e. The van der Waals surface area contributed by atoms with Crippen LogP contribution in [0.3, 0.4) is 0 Å². The summed E-state index contributed by atoms with van der Waals surface area (Å²) >= 11 is 0. The van der Waals surface area contributed by atoms with E-state index >= 15 is 0 Å². The number of nitrogens with zero attached hydrogens (tertiary/aromatic N) is 1. The predicted octanol–water partition coefficient (Wildman–Crippen LogP) is 3.41. The predicted molar refractivity (Wildman–Crippen MR) is 109 cm³/mol. The molecule has 30 heavy (non-hydrogen) atoms. The highest BCUT2D eigenvalue weighted by atomic mass is 19.1. The number of amides is 3. The quantitative estimate of drug-likeness (QED) is 0.774. The minimum atomic E-state index is -0.928. The molecule has 3 fully saturated rings. The fraction of sp³-hybridized carbons (Fsp3) is 0.375. The zero-order valence-electron chi connectivity index (χ0n) is 16.5. The molecule has 0 spiro atoms. The topological polar surface area (TPSA) is 66.5 Å². The third-order valence-electron chi connectivity index (χ3n) is 6.96. The summed E-state index contributed by atoms with van der Waals surface area (Å²) in [6, 6.07) is 13.9. The molecule has 1 N–H and O–H groups in total. The lowest BCUT2D eigenvalue weighted by Gasteiger charge is -2.27. The Morgan fingerprint density at radius 3 is 2.17 bits per heavy atom. The lowest BCUT2D eigenvalue weighted by Crippen LogP contribution is -2.49. The highest BCUT2D eigenvalue weighted by Crippen LogP contribution is 2.56. The van der Waals surface area contributed by atoms with Crippen LogP contribution in [0.2, 0.25) is 0 Å². The summed E-state index contributed by atoms with van der Waals surface area (Å²) in [6.07, 6.45) is 3.18. The minimum Gasteiger partial charge on any atom is -0.324 e. The van der Waals surface area contributed by atoms with Gasteiger partial charge in [-0.15, -0.1) is 0 Å². The van der Waals surface area contributed by atoms with Crippen molar-refractivity contribution in [3.8, 4) is 0 Å². The van der Waals surface area contributed by atoms with Crippen LogP contribution in [0.25, 0.3) is 0 Å². The smallest absolute Gasteiger partial charge is 0.248 e. The Morgan fingerprint density at radius 2 is 1.57 bits per heavy atom. The van der Waals surface area contributed by atoms with Crippen LogP contribution in [-0.4, -0.2) is 28.7 Å². The number of anilines is 1. The number of nitrogens with one attached hydrogen (secondary N) is 1. The van der Waals surface area contributed by atoms with Gasteiger partial charge in [0.25, 0.3) is 0 Å². The molecule has 1 saturated heterocycles. The molecule has 5 rings (SSSR count). The van der Waals surface area contributed by atoms with Crippen LogP contribution in [0.4, 0.5) is 10.1 Å². The second-order valence-electron chi connectivity index (χ2n) is 8.63. The molecular weight excluding hydrogens is 383 g/mol. The molecule has 3 aliphatic rings. The molecule has 0 aromatic heterocycles. The second-order valence-corrected chi connectivity index (χ2v) is 8.63. The molecule has 2 aromatic rings. The van der Waals surface area contributed by atoms with E-state index in [0.717, 1.165) is 24.8 Å². The molecule has 1 aliphatic heterocycles. The highest BCUT2D eigenvalue weighted by molar-refractivity contribution is 6.10. The third kappa shape index (κ3) is 3.11. The number of imide groups is 1. The van der Waals surface area contributed by atoms with E-state index in [0.29, 0.717) is 5.69 Å². The minimum absolute atomic E-state index is 0.201. The van der Waals surface area contributed by atoms with E-state index < -0.39 is 17.8 Å². The Morgan fingerprint density at radius 1 is 0.967 bits per heavy atom. The van der Waals surface area contributed by atoms with Crippen molar-refractivity contribution in [1.82, 2.24) is 4.90 Å². The molecule has 5 nitrogen and oxygen atoms in total. The maximum absolute atomic E-state index is 13.3. The van der Waals surface area contributed by atoms with Crippen LogP contribution >= 0.6 is 0 Å². The molecular formula is C24H23FN2O3. The number of likely N-dealkylation sites (tertiary alicyclic amines) is 1. The average molecular weight is 406 g/mol. The lowest BCUT2D eigenvalue weighted by atomic mass is 9.81. The van der Waals surface area contributed by atoms with Crippen molar-refractivity contribution in [3.63, 3.8) is 0 Å². The highest BCUT2D eigenvalue weighted by Gasteiger charge is 2.62. The first-order chi connectivity index (χ1) is 14.5. The van der Waals surface area contributed by atoms with E-state index in [1.165, 1.54) is 29.2 Å². The van der Waals surface area contributed by atoms with E-state index in [2.05, 4.69) is 5.32 Å². The first kappa shape index (κ1) is 19.0. The number of hydrogen-bond donors (Lipinski definition) is 1. The Balaban J connectivity index is 1.45. The average Bonchev–Trinajstić information content (AvgIpc) is 3.43. The first-order valence-electron chi connectivity index (χ1n) is 10.5. The fourth-order valence-electron chi connectivity index (χ4n) is 5.64. The van der Waals surface area contributed by atoms with E-state index in [-0.39, 0.29) is 41.9 Å². The standard InChI is InChI=1S/C24H23FN2O3/c25-17-8-10-18(11-9-17)26-22(28)19(12-14-4-2-1-3-5-14)27-23(29)20-15-6-7-16(13-15)21(20)24(27)30/h1-5,8-11,15-16,19-21H,6-7,12-13H2,(H,26,28)/t15-,16+,19-,20+,21-/m0/s1. The molecule has 3 amide bonds. The zero-order valence-corrected chi connectivity index (χ0v) is 16.5. The van der Waals surface area contributed by atoms with Gasteiger partial charge >= 0.3 is 0 Å². The second kappa shape index (κ2) is 7.35. The van der Waals surface area contributed by atoms with Crippen LogP contribution in [0.1, 0.15) is 24.8 Å². The third-order valence-corrected chi connectivity index (χ3v) is 6.96. The molecule has 0 radical (unpaired) electrons. The summed E-state index contributed by atoms with van der Waals surface area (Å²) < 4.78 is 13.2. The molecule has 0 unspecified atom stereocenters. The van der Waals surface area contributed by atoms with Gasteiger partial charge in [-0.25, -0.2) is 4.39 Å². The SMILES string of the molecule is O=C(Nc1ccc(F)cc1)[C@H](Cc1ccccc1)N1C(=O)[C@@H]2[C@H]3CC[C@H](C3)[C@@H]2C1=O. The van der Waals surface area contributed by atoms with Crippen molar-refractivity contribution < 1.29 is 18.8 Å². The van der Waals surface area contributed by atoms with E-state index in [4.69, 9.17) is 0 Å². The summed E-state index contributed by atoms with van der Waals surface area (Å²) in [5.74, 6) is -1.25. The lowest BCUT2D eigenvalue weighted by molar-refractivity contribution is -0.147. The zero-order chi connectivity index (χ0) is 20.8.